The zero-order valence-electron chi connectivity index (χ0n) is 12.5. The molecule has 1 amide bonds. The summed E-state index contributed by atoms with van der Waals surface area (Å²) < 4.78 is 2.06. The monoisotopic (exact) mass is 276 g/mol. The SMILES string of the molecule is CC(C)N1C[C@@H](C)[C@@H](NC(=O)c2cn(C3CC3)cn2)C1. The Morgan fingerprint density at radius 2 is 2.15 bits per heavy atom. The molecule has 1 saturated heterocycles. The molecule has 0 radical (unpaired) electrons. The zero-order chi connectivity index (χ0) is 14.3. The third-order valence-corrected chi connectivity index (χ3v) is 4.49. The van der Waals surface area contributed by atoms with Crippen molar-refractivity contribution in [1.29, 1.82) is 0 Å². The van der Waals surface area contributed by atoms with Gasteiger partial charge in [0.1, 0.15) is 5.69 Å². The second kappa shape index (κ2) is 5.20. The van der Waals surface area contributed by atoms with Gasteiger partial charge >= 0.3 is 0 Å². The van der Waals surface area contributed by atoms with E-state index in [1.54, 1.807) is 6.33 Å². The fourth-order valence-corrected chi connectivity index (χ4v) is 2.88. The Bertz CT molecular complexity index is 492. The average Bonchev–Trinajstić information content (AvgIpc) is 3.01. The molecule has 3 rings (SSSR count). The van der Waals surface area contributed by atoms with Crippen LogP contribution >= 0.6 is 0 Å². The summed E-state index contributed by atoms with van der Waals surface area (Å²) >= 11 is 0. The van der Waals surface area contributed by atoms with Crippen LogP contribution in [0.2, 0.25) is 0 Å². The van der Waals surface area contributed by atoms with Crippen LogP contribution in [0, 0.1) is 5.92 Å². The molecular weight excluding hydrogens is 252 g/mol. The smallest absolute Gasteiger partial charge is 0.271 e. The fourth-order valence-electron chi connectivity index (χ4n) is 2.88. The van der Waals surface area contributed by atoms with Crippen LogP contribution in [0.3, 0.4) is 0 Å². The van der Waals surface area contributed by atoms with Crippen molar-refractivity contribution in [3.63, 3.8) is 0 Å². The van der Waals surface area contributed by atoms with Crippen LogP contribution in [0.1, 0.15) is 50.1 Å². The predicted molar refractivity (Wildman–Crippen MR) is 77.6 cm³/mol. The van der Waals surface area contributed by atoms with Crippen molar-refractivity contribution in [1.82, 2.24) is 19.8 Å². The van der Waals surface area contributed by atoms with E-state index in [1.807, 2.05) is 6.20 Å². The van der Waals surface area contributed by atoms with E-state index in [0.29, 0.717) is 23.7 Å². The van der Waals surface area contributed by atoms with E-state index >= 15 is 0 Å². The molecule has 5 heteroatoms. The van der Waals surface area contributed by atoms with Gasteiger partial charge in [-0.1, -0.05) is 6.92 Å². The van der Waals surface area contributed by atoms with Crippen molar-refractivity contribution in [2.24, 2.45) is 5.92 Å². The minimum Gasteiger partial charge on any atom is -0.346 e. The molecule has 1 aromatic rings. The Hall–Kier alpha value is -1.36. The third kappa shape index (κ3) is 2.73. The van der Waals surface area contributed by atoms with E-state index in [9.17, 15) is 4.79 Å². The van der Waals surface area contributed by atoms with E-state index in [4.69, 9.17) is 0 Å². The minimum atomic E-state index is -0.0353. The van der Waals surface area contributed by atoms with Crippen LogP contribution in [-0.4, -0.2) is 45.5 Å². The number of likely N-dealkylation sites (tertiary alicyclic amines) is 1. The van der Waals surface area contributed by atoms with Crippen molar-refractivity contribution in [2.75, 3.05) is 13.1 Å². The van der Waals surface area contributed by atoms with Gasteiger partial charge in [-0.3, -0.25) is 9.69 Å². The minimum absolute atomic E-state index is 0.0353. The standard InChI is InChI=1S/C15H24N4O/c1-10(2)18-6-11(3)13(7-18)17-15(20)14-8-19(9-16-14)12-4-5-12/h8-13H,4-7H2,1-3H3,(H,17,20)/t11-,13+/m1/s1. The number of rotatable bonds is 4. The lowest BCUT2D eigenvalue weighted by atomic mass is 10.1. The van der Waals surface area contributed by atoms with Crippen LogP contribution < -0.4 is 5.32 Å². The lowest BCUT2D eigenvalue weighted by molar-refractivity contribution is 0.0926. The number of carbonyl (C=O) groups is 1. The molecule has 2 fully saturated rings. The maximum atomic E-state index is 12.3. The molecule has 2 atom stereocenters. The molecule has 1 N–H and O–H groups in total. The molecule has 1 aliphatic heterocycles. The number of amides is 1. The van der Waals surface area contributed by atoms with E-state index in [0.717, 1.165) is 13.1 Å². The van der Waals surface area contributed by atoms with E-state index in [-0.39, 0.29) is 11.9 Å². The highest BCUT2D eigenvalue weighted by molar-refractivity contribution is 5.92. The molecule has 0 unspecified atom stereocenters. The molecule has 0 bridgehead atoms. The van der Waals surface area contributed by atoms with Crippen LogP contribution in [0.5, 0.6) is 0 Å². The first-order valence-corrected chi connectivity index (χ1v) is 7.63. The van der Waals surface area contributed by atoms with Gasteiger partial charge in [-0.25, -0.2) is 4.98 Å². The van der Waals surface area contributed by atoms with E-state index in [2.05, 4.69) is 40.5 Å². The predicted octanol–water partition coefficient (Wildman–Crippen LogP) is 1.68. The van der Waals surface area contributed by atoms with Gasteiger partial charge in [0, 0.05) is 37.4 Å². The molecule has 5 nitrogen and oxygen atoms in total. The molecule has 20 heavy (non-hydrogen) atoms. The molecule has 0 spiro atoms. The third-order valence-electron chi connectivity index (χ3n) is 4.49. The molecule has 2 heterocycles. The molecular formula is C15H24N4O. The van der Waals surface area contributed by atoms with Crippen molar-refractivity contribution >= 4 is 5.91 Å². The van der Waals surface area contributed by atoms with Gasteiger partial charge < -0.3 is 9.88 Å². The first-order valence-electron chi connectivity index (χ1n) is 7.63. The Labute approximate surface area is 120 Å². The second-order valence-corrected chi connectivity index (χ2v) is 6.54. The number of imidazole rings is 1. The van der Waals surface area contributed by atoms with Gasteiger partial charge in [-0.15, -0.1) is 0 Å². The van der Waals surface area contributed by atoms with Crippen molar-refractivity contribution in [3.05, 3.63) is 18.2 Å². The van der Waals surface area contributed by atoms with Crippen LogP contribution in [0.15, 0.2) is 12.5 Å². The number of hydrogen-bond acceptors (Lipinski definition) is 3. The summed E-state index contributed by atoms with van der Waals surface area (Å²) in [4.78, 5) is 18.9. The second-order valence-electron chi connectivity index (χ2n) is 6.54. The van der Waals surface area contributed by atoms with Gasteiger partial charge in [0.15, 0.2) is 0 Å². The summed E-state index contributed by atoms with van der Waals surface area (Å²) in [6.07, 6.45) is 6.08. The summed E-state index contributed by atoms with van der Waals surface area (Å²) in [5, 5.41) is 3.15. The summed E-state index contributed by atoms with van der Waals surface area (Å²) in [6.45, 7) is 8.60. The summed E-state index contributed by atoms with van der Waals surface area (Å²) in [7, 11) is 0. The molecule has 110 valence electrons. The van der Waals surface area contributed by atoms with Gasteiger partial charge in [0.25, 0.3) is 5.91 Å². The highest BCUT2D eigenvalue weighted by Gasteiger charge is 2.32. The maximum absolute atomic E-state index is 12.3. The molecule has 0 aromatic carbocycles. The maximum Gasteiger partial charge on any atom is 0.271 e. The topological polar surface area (TPSA) is 50.2 Å². The highest BCUT2D eigenvalue weighted by atomic mass is 16.2. The quantitative estimate of drug-likeness (QED) is 0.910. The van der Waals surface area contributed by atoms with Crippen LogP contribution in [-0.2, 0) is 0 Å². The average molecular weight is 276 g/mol. The van der Waals surface area contributed by atoms with Gasteiger partial charge in [0.05, 0.1) is 6.33 Å². The van der Waals surface area contributed by atoms with Gasteiger partial charge in [-0.05, 0) is 32.6 Å². The van der Waals surface area contributed by atoms with Gasteiger partial charge in [0.2, 0.25) is 0 Å². The lowest BCUT2D eigenvalue weighted by Crippen LogP contribution is -2.40. The first kappa shape index (κ1) is 13.6. The Kier molecular flexibility index (Phi) is 3.54. The van der Waals surface area contributed by atoms with Crippen molar-refractivity contribution in [2.45, 2.75) is 51.7 Å². The number of hydrogen-bond donors (Lipinski definition) is 1. The zero-order valence-corrected chi connectivity index (χ0v) is 12.5. The first-order chi connectivity index (χ1) is 9.54. The summed E-state index contributed by atoms with van der Waals surface area (Å²) in [5.41, 5.74) is 0.548. The van der Waals surface area contributed by atoms with Crippen LogP contribution in [0.4, 0.5) is 0 Å². The summed E-state index contributed by atoms with van der Waals surface area (Å²) in [6, 6.07) is 1.34. The van der Waals surface area contributed by atoms with E-state index in [1.165, 1.54) is 12.8 Å². The number of aromatic nitrogens is 2. The Morgan fingerprint density at radius 3 is 2.75 bits per heavy atom. The molecule has 1 aliphatic carbocycles. The number of carbonyl (C=O) groups excluding carboxylic acids is 1. The molecule has 1 aromatic heterocycles. The Balaban J connectivity index is 1.60. The molecule has 1 saturated carbocycles. The van der Waals surface area contributed by atoms with Crippen molar-refractivity contribution < 1.29 is 4.79 Å². The van der Waals surface area contributed by atoms with Crippen molar-refractivity contribution in [3.8, 4) is 0 Å². The summed E-state index contributed by atoms with van der Waals surface area (Å²) in [5.74, 6) is 0.457. The number of nitrogens with one attached hydrogen (secondary N) is 1. The lowest BCUT2D eigenvalue weighted by Gasteiger charge is -2.20. The molecule has 2 aliphatic rings. The normalized spacial score (nSPS) is 27.2. The number of nitrogens with zero attached hydrogens (tertiary/aromatic N) is 3. The van der Waals surface area contributed by atoms with Gasteiger partial charge in [-0.2, -0.15) is 0 Å². The Morgan fingerprint density at radius 1 is 1.40 bits per heavy atom. The fraction of sp³-hybridized carbons (Fsp3) is 0.733. The van der Waals surface area contributed by atoms with E-state index < -0.39 is 0 Å². The largest absolute Gasteiger partial charge is 0.346 e. The highest BCUT2D eigenvalue weighted by Crippen LogP contribution is 2.34. The van der Waals surface area contributed by atoms with Crippen LogP contribution in [0.25, 0.3) is 0 Å².